The van der Waals surface area contributed by atoms with Gasteiger partial charge in [-0.15, -0.1) is 0 Å². The molecule has 1 fully saturated rings. The molecule has 26 heavy (non-hydrogen) atoms. The van der Waals surface area contributed by atoms with Gasteiger partial charge in [-0.3, -0.25) is 9.79 Å². The van der Waals surface area contributed by atoms with Crippen molar-refractivity contribution in [3.63, 3.8) is 0 Å². The van der Waals surface area contributed by atoms with Crippen molar-refractivity contribution >= 4 is 11.9 Å². The van der Waals surface area contributed by atoms with Gasteiger partial charge >= 0.3 is 0 Å². The van der Waals surface area contributed by atoms with E-state index in [0.717, 1.165) is 25.3 Å². The van der Waals surface area contributed by atoms with Crippen LogP contribution in [0, 0.1) is 17.8 Å². The van der Waals surface area contributed by atoms with Crippen LogP contribution in [-0.2, 0) is 4.79 Å². The first-order valence-electron chi connectivity index (χ1n) is 10.6. The number of hydrogen-bond acceptors (Lipinski definition) is 2. The third-order valence-electron chi connectivity index (χ3n) is 4.86. The smallest absolute Gasteiger partial charge is 0.220 e. The van der Waals surface area contributed by atoms with Gasteiger partial charge in [-0.05, 0) is 30.6 Å². The van der Waals surface area contributed by atoms with Crippen LogP contribution >= 0.6 is 0 Å². The number of rotatable bonds is 9. The minimum absolute atomic E-state index is 0.193. The first-order chi connectivity index (χ1) is 12.3. The van der Waals surface area contributed by atoms with Crippen molar-refractivity contribution in [1.82, 2.24) is 5.32 Å². The summed E-state index contributed by atoms with van der Waals surface area (Å²) in [4.78, 5) is 15.7. The van der Waals surface area contributed by atoms with E-state index in [1.54, 1.807) is 0 Å². The van der Waals surface area contributed by atoms with Crippen LogP contribution in [0.15, 0.2) is 4.99 Å². The highest BCUT2D eigenvalue weighted by atomic mass is 16.1. The molecule has 1 rings (SSSR count). The highest BCUT2D eigenvalue weighted by Gasteiger charge is 2.22. The van der Waals surface area contributed by atoms with Crippen LogP contribution in [0.2, 0.25) is 0 Å². The van der Waals surface area contributed by atoms with E-state index >= 15 is 0 Å². The predicted octanol–water partition coefficient (Wildman–Crippen LogP) is 4.20. The lowest BCUT2D eigenvalue weighted by atomic mass is 9.82. The summed E-state index contributed by atoms with van der Waals surface area (Å²) in [5.41, 5.74) is 10.1. The molecule has 0 spiro atoms. The maximum absolute atomic E-state index is 11.9. The Balaban J connectivity index is 0.000000660. The molecule has 0 aliphatic heterocycles. The summed E-state index contributed by atoms with van der Waals surface area (Å²) in [7, 11) is 0. The Hall–Kier alpha value is -1.26. The number of nitrogens with two attached hydrogens (primary N) is 2. The highest BCUT2D eigenvalue weighted by molar-refractivity contribution is 5.76. The zero-order valence-electron chi connectivity index (χ0n) is 17.9. The van der Waals surface area contributed by atoms with Crippen molar-refractivity contribution < 1.29 is 4.79 Å². The van der Waals surface area contributed by atoms with Crippen molar-refractivity contribution in [2.24, 2.45) is 34.2 Å². The van der Waals surface area contributed by atoms with Gasteiger partial charge in [-0.2, -0.15) is 0 Å². The van der Waals surface area contributed by atoms with Gasteiger partial charge in [-0.1, -0.05) is 73.1 Å². The Morgan fingerprint density at radius 1 is 1.12 bits per heavy atom. The lowest BCUT2D eigenvalue weighted by molar-refractivity contribution is -0.122. The van der Waals surface area contributed by atoms with Gasteiger partial charge in [0.1, 0.15) is 0 Å². The molecule has 0 heterocycles. The summed E-state index contributed by atoms with van der Waals surface area (Å²) in [5.74, 6) is 2.26. The van der Waals surface area contributed by atoms with Gasteiger partial charge in [0.25, 0.3) is 0 Å². The first kappa shape index (κ1) is 24.7. The van der Waals surface area contributed by atoms with Gasteiger partial charge in [0.05, 0.1) is 0 Å². The summed E-state index contributed by atoms with van der Waals surface area (Å²) >= 11 is 0. The average molecular weight is 369 g/mol. The van der Waals surface area contributed by atoms with Crippen molar-refractivity contribution in [3.8, 4) is 0 Å². The molecule has 0 aromatic carbocycles. The number of guanidine groups is 1. The predicted molar refractivity (Wildman–Crippen MR) is 113 cm³/mol. The third kappa shape index (κ3) is 14.0. The number of amides is 1. The minimum Gasteiger partial charge on any atom is -0.370 e. The summed E-state index contributed by atoms with van der Waals surface area (Å²) in [5, 5.41) is 3.26. The number of carbonyl (C=O) groups is 1. The van der Waals surface area contributed by atoms with Gasteiger partial charge in [0.15, 0.2) is 5.96 Å². The fraction of sp³-hybridized carbons (Fsp3) is 0.905. The van der Waals surface area contributed by atoms with E-state index in [1.165, 1.54) is 38.5 Å². The third-order valence-corrected chi connectivity index (χ3v) is 4.86. The van der Waals surface area contributed by atoms with Crippen LogP contribution in [-0.4, -0.2) is 24.5 Å². The molecular weight excluding hydrogens is 324 g/mol. The second-order valence-corrected chi connectivity index (χ2v) is 8.42. The molecule has 1 aliphatic carbocycles. The van der Waals surface area contributed by atoms with Crippen molar-refractivity contribution in [1.29, 1.82) is 0 Å². The van der Waals surface area contributed by atoms with Crippen LogP contribution in [0.4, 0.5) is 0 Å². The standard InChI is InChI=1S/C16H31NO.C5H13N3/c1-12(2)10-16(18)17-15(13(3)4)11-14-8-6-5-7-9-14;1-2-3-4-8-5(6)7/h12-15H,5-11H2,1-4H3,(H,17,18);2-4H2,1H3,(H4,6,7,8)/t15-;/m0./s1. The van der Waals surface area contributed by atoms with E-state index in [-0.39, 0.29) is 11.9 Å². The van der Waals surface area contributed by atoms with Crippen LogP contribution in [0.3, 0.4) is 0 Å². The zero-order valence-corrected chi connectivity index (χ0v) is 17.9. The highest BCUT2D eigenvalue weighted by Crippen LogP contribution is 2.28. The molecule has 0 bridgehead atoms. The van der Waals surface area contributed by atoms with E-state index < -0.39 is 0 Å². The Kier molecular flexibility index (Phi) is 14.1. The molecule has 5 heteroatoms. The number of aliphatic imine (C=N–C) groups is 1. The van der Waals surface area contributed by atoms with Crippen molar-refractivity contribution in [2.45, 2.75) is 98.4 Å². The van der Waals surface area contributed by atoms with E-state index in [4.69, 9.17) is 11.5 Å². The average Bonchev–Trinajstić information content (AvgIpc) is 2.55. The maximum atomic E-state index is 11.9. The molecule has 5 nitrogen and oxygen atoms in total. The van der Waals surface area contributed by atoms with Gasteiger partial charge in [-0.25, -0.2) is 0 Å². The molecule has 1 atom stereocenters. The van der Waals surface area contributed by atoms with Crippen molar-refractivity contribution in [3.05, 3.63) is 0 Å². The van der Waals surface area contributed by atoms with E-state index in [9.17, 15) is 4.79 Å². The number of nitrogens with zero attached hydrogens (tertiary/aromatic N) is 1. The van der Waals surface area contributed by atoms with Crippen molar-refractivity contribution in [2.75, 3.05) is 6.54 Å². The van der Waals surface area contributed by atoms with E-state index in [1.807, 2.05) is 0 Å². The maximum Gasteiger partial charge on any atom is 0.220 e. The number of unbranched alkanes of at least 4 members (excludes halogenated alkanes) is 1. The molecule has 0 aromatic heterocycles. The van der Waals surface area contributed by atoms with Crippen LogP contribution < -0.4 is 16.8 Å². The molecule has 1 saturated carbocycles. The second kappa shape index (κ2) is 14.9. The molecule has 0 saturated heterocycles. The SMILES string of the molecule is CC(C)CC(=O)N[C@@H](CC1CCCCC1)C(C)C.CCCCN=C(N)N. The Labute approximate surface area is 161 Å². The van der Waals surface area contributed by atoms with Gasteiger partial charge in [0, 0.05) is 19.0 Å². The van der Waals surface area contributed by atoms with Gasteiger partial charge < -0.3 is 16.8 Å². The molecule has 1 amide bonds. The topological polar surface area (TPSA) is 93.5 Å². The minimum atomic E-state index is 0.193. The molecule has 5 N–H and O–H groups in total. The molecule has 0 radical (unpaired) electrons. The Morgan fingerprint density at radius 2 is 1.73 bits per heavy atom. The normalized spacial score (nSPS) is 16.0. The number of hydrogen-bond donors (Lipinski definition) is 3. The zero-order chi connectivity index (χ0) is 19.9. The lowest BCUT2D eigenvalue weighted by Gasteiger charge is -2.29. The molecule has 0 unspecified atom stereocenters. The van der Waals surface area contributed by atoms with E-state index in [2.05, 4.69) is 44.9 Å². The van der Waals surface area contributed by atoms with E-state index in [0.29, 0.717) is 24.3 Å². The van der Waals surface area contributed by atoms with Crippen LogP contribution in [0.5, 0.6) is 0 Å². The monoisotopic (exact) mass is 368 g/mol. The number of nitrogens with one attached hydrogen (secondary N) is 1. The first-order valence-corrected chi connectivity index (χ1v) is 10.6. The molecular formula is C21H44N4O. The summed E-state index contributed by atoms with van der Waals surface area (Å²) in [6.45, 7) is 11.5. The summed E-state index contributed by atoms with van der Waals surface area (Å²) in [6, 6.07) is 0.374. The van der Waals surface area contributed by atoms with Crippen LogP contribution in [0.25, 0.3) is 0 Å². The number of carbonyl (C=O) groups excluding carboxylic acids is 1. The largest absolute Gasteiger partial charge is 0.370 e. The Morgan fingerprint density at radius 3 is 2.19 bits per heavy atom. The second-order valence-electron chi connectivity index (χ2n) is 8.42. The summed E-state index contributed by atoms with van der Waals surface area (Å²) in [6.07, 6.45) is 10.9. The fourth-order valence-corrected chi connectivity index (χ4v) is 3.28. The quantitative estimate of drug-likeness (QED) is 0.323. The van der Waals surface area contributed by atoms with Gasteiger partial charge in [0.2, 0.25) is 5.91 Å². The van der Waals surface area contributed by atoms with Crippen LogP contribution in [0.1, 0.15) is 92.4 Å². The summed E-state index contributed by atoms with van der Waals surface area (Å²) < 4.78 is 0. The molecule has 0 aromatic rings. The molecule has 1 aliphatic rings. The fourth-order valence-electron chi connectivity index (χ4n) is 3.28. The lowest BCUT2D eigenvalue weighted by Crippen LogP contribution is -2.40. The Bertz CT molecular complexity index is 383. The molecule has 154 valence electrons.